The van der Waals surface area contributed by atoms with E-state index in [2.05, 4.69) is 20.3 Å². The SMILES string of the molecule is Cc1ccnc(C(C)C)c1-n1c(=O)nc(N2CCNC[C@@H]2C)c2cc(F)c(-c3c(N)c(F)c(F)c(F)c3F)nc21. The van der Waals surface area contributed by atoms with Gasteiger partial charge in [0.2, 0.25) is 0 Å². The van der Waals surface area contributed by atoms with Gasteiger partial charge in [0.05, 0.1) is 28.0 Å². The van der Waals surface area contributed by atoms with Crippen molar-refractivity contribution < 1.29 is 22.0 Å². The summed E-state index contributed by atoms with van der Waals surface area (Å²) < 4.78 is 74.2. The molecule has 0 bridgehead atoms. The highest BCUT2D eigenvalue weighted by Gasteiger charge is 2.31. The summed E-state index contributed by atoms with van der Waals surface area (Å²) in [4.78, 5) is 28.5. The normalized spacial score (nSPS) is 15.8. The van der Waals surface area contributed by atoms with Crippen LogP contribution in [0.25, 0.3) is 28.0 Å². The summed E-state index contributed by atoms with van der Waals surface area (Å²) in [5.41, 5.74) is 2.94. The van der Waals surface area contributed by atoms with Crippen molar-refractivity contribution in [3.8, 4) is 16.9 Å². The van der Waals surface area contributed by atoms with E-state index < -0.39 is 51.7 Å². The van der Waals surface area contributed by atoms with Crippen molar-refractivity contribution in [3.63, 3.8) is 0 Å². The molecule has 0 aliphatic carbocycles. The fourth-order valence-electron chi connectivity index (χ4n) is 5.02. The summed E-state index contributed by atoms with van der Waals surface area (Å²) in [7, 11) is 0. The lowest BCUT2D eigenvalue weighted by Gasteiger charge is -2.35. The fraction of sp³-hybridized carbons (Fsp3) is 0.333. The topological polar surface area (TPSA) is 102 Å². The summed E-state index contributed by atoms with van der Waals surface area (Å²) in [6, 6.07) is 2.49. The van der Waals surface area contributed by atoms with Crippen LogP contribution in [0, 0.1) is 36.0 Å². The summed E-state index contributed by atoms with van der Waals surface area (Å²) in [5.74, 6) is -9.34. The van der Waals surface area contributed by atoms with Crippen molar-refractivity contribution >= 4 is 22.5 Å². The van der Waals surface area contributed by atoms with Gasteiger partial charge in [-0.25, -0.2) is 36.3 Å². The van der Waals surface area contributed by atoms with Crippen molar-refractivity contribution in [2.75, 3.05) is 30.3 Å². The number of anilines is 2. The van der Waals surface area contributed by atoms with Gasteiger partial charge in [0, 0.05) is 31.9 Å². The van der Waals surface area contributed by atoms with Gasteiger partial charge < -0.3 is 16.0 Å². The number of rotatable bonds is 4. The molecule has 1 saturated heterocycles. The van der Waals surface area contributed by atoms with Crippen LogP contribution in [0.4, 0.5) is 33.5 Å². The molecule has 1 aliphatic rings. The Balaban J connectivity index is 1.95. The number of piperazine rings is 1. The number of fused-ring (bicyclic) bond motifs is 1. The first kappa shape index (κ1) is 27.4. The van der Waals surface area contributed by atoms with Crippen LogP contribution in [-0.4, -0.2) is 45.2 Å². The van der Waals surface area contributed by atoms with Crippen LogP contribution in [-0.2, 0) is 0 Å². The average molecular weight is 560 g/mol. The molecule has 13 heteroatoms. The fourth-order valence-corrected chi connectivity index (χ4v) is 5.02. The van der Waals surface area contributed by atoms with Gasteiger partial charge in [-0.15, -0.1) is 0 Å². The van der Waals surface area contributed by atoms with Crippen LogP contribution in [0.2, 0.25) is 0 Å². The van der Waals surface area contributed by atoms with Gasteiger partial charge in [0.1, 0.15) is 11.5 Å². The number of nitrogens with one attached hydrogen (secondary N) is 1. The highest BCUT2D eigenvalue weighted by molar-refractivity contribution is 5.91. The minimum atomic E-state index is -2.17. The first-order chi connectivity index (χ1) is 18.9. The molecule has 0 spiro atoms. The molecule has 210 valence electrons. The second-order valence-corrected chi connectivity index (χ2v) is 10.1. The number of aromatic nitrogens is 4. The first-order valence-corrected chi connectivity index (χ1v) is 12.6. The van der Waals surface area contributed by atoms with Crippen LogP contribution in [0.5, 0.6) is 0 Å². The van der Waals surface area contributed by atoms with E-state index in [0.29, 0.717) is 36.6 Å². The molecule has 1 fully saturated rings. The summed E-state index contributed by atoms with van der Waals surface area (Å²) in [5, 5.41) is 3.32. The number of nitrogens with two attached hydrogens (primary N) is 1. The molecule has 0 radical (unpaired) electrons. The Labute approximate surface area is 225 Å². The number of halogens is 5. The van der Waals surface area contributed by atoms with Crippen LogP contribution < -0.4 is 21.6 Å². The van der Waals surface area contributed by atoms with Gasteiger partial charge in [-0.1, -0.05) is 13.8 Å². The van der Waals surface area contributed by atoms with Gasteiger partial charge in [0.25, 0.3) is 0 Å². The third-order valence-electron chi connectivity index (χ3n) is 7.04. The Morgan fingerprint density at radius 3 is 2.45 bits per heavy atom. The summed E-state index contributed by atoms with van der Waals surface area (Å²) in [6.45, 7) is 8.93. The second kappa shape index (κ2) is 10.1. The predicted molar refractivity (Wildman–Crippen MR) is 141 cm³/mol. The lowest BCUT2D eigenvalue weighted by Crippen LogP contribution is -2.50. The Morgan fingerprint density at radius 1 is 1.07 bits per heavy atom. The molecule has 1 aromatic carbocycles. The number of hydrogen-bond donors (Lipinski definition) is 2. The van der Waals surface area contributed by atoms with Crippen molar-refractivity contribution in [3.05, 3.63) is 69.2 Å². The van der Waals surface area contributed by atoms with E-state index in [4.69, 9.17) is 5.73 Å². The Morgan fingerprint density at radius 2 is 1.77 bits per heavy atom. The number of benzene rings is 1. The molecule has 0 amide bonds. The third-order valence-corrected chi connectivity index (χ3v) is 7.04. The van der Waals surface area contributed by atoms with E-state index in [9.17, 15) is 22.4 Å². The second-order valence-electron chi connectivity index (χ2n) is 10.1. The molecule has 4 aromatic rings. The Bertz CT molecular complexity index is 1690. The van der Waals surface area contributed by atoms with Crippen molar-refractivity contribution in [1.29, 1.82) is 0 Å². The van der Waals surface area contributed by atoms with Gasteiger partial charge in [-0.2, -0.15) is 4.98 Å². The minimum absolute atomic E-state index is 0.0922. The molecule has 1 atom stereocenters. The van der Waals surface area contributed by atoms with Crippen molar-refractivity contribution in [1.82, 2.24) is 24.8 Å². The summed E-state index contributed by atoms with van der Waals surface area (Å²) in [6.07, 6.45) is 1.57. The third kappa shape index (κ3) is 4.24. The predicted octanol–water partition coefficient (Wildman–Crippen LogP) is 4.35. The zero-order chi connectivity index (χ0) is 29.0. The maximum absolute atomic E-state index is 15.7. The minimum Gasteiger partial charge on any atom is -0.396 e. The van der Waals surface area contributed by atoms with E-state index in [1.807, 2.05) is 25.7 Å². The average Bonchev–Trinajstić information content (AvgIpc) is 2.92. The molecule has 5 rings (SSSR count). The maximum atomic E-state index is 15.7. The highest BCUT2D eigenvalue weighted by Crippen LogP contribution is 2.38. The number of aryl methyl sites for hydroxylation is 1. The highest BCUT2D eigenvalue weighted by atomic mass is 19.2. The number of hydrogen-bond acceptors (Lipinski definition) is 7. The zero-order valence-electron chi connectivity index (χ0n) is 22.1. The molecule has 40 heavy (non-hydrogen) atoms. The van der Waals surface area contributed by atoms with Gasteiger partial charge in [-0.3, -0.25) is 4.98 Å². The zero-order valence-corrected chi connectivity index (χ0v) is 22.1. The largest absolute Gasteiger partial charge is 0.396 e. The molecular weight excluding hydrogens is 533 g/mol. The maximum Gasteiger partial charge on any atom is 0.355 e. The Kier molecular flexibility index (Phi) is 6.94. The van der Waals surface area contributed by atoms with Crippen LogP contribution in [0.1, 0.15) is 37.9 Å². The molecular formula is C27H26F5N7O. The molecule has 0 saturated carbocycles. The van der Waals surface area contributed by atoms with Crippen LogP contribution in [0.15, 0.2) is 23.1 Å². The van der Waals surface area contributed by atoms with E-state index in [1.54, 1.807) is 19.2 Å². The monoisotopic (exact) mass is 559 g/mol. The van der Waals surface area contributed by atoms with Crippen LogP contribution in [0.3, 0.4) is 0 Å². The first-order valence-electron chi connectivity index (χ1n) is 12.6. The molecule has 3 N–H and O–H groups in total. The van der Waals surface area contributed by atoms with Crippen molar-refractivity contribution in [2.45, 2.75) is 39.7 Å². The van der Waals surface area contributed by atoms with Gasteiger partial charge >= 0.3 is 5.69 Å². The van der Waals surface area contributed by atoms with Gasteiger partial charge in [-0.05, 0) is 37.5 Å². The number of pyridine rings is 2. The standard InChI is InChI=1S/C27H26F5N7O/c1-11(2)22-24(12(3)5-6-35-22)39-26-14(25(37-27(39)40)38-8-7-34-10-13(38)4)9-15(28)23(36-26)16-17(29)18(30)19(31)20(32)21(16)33/h5-6,9,11,13,34H,7-8,10,33H2,1-4H3/t13-/m0/s1. The smallest absolute Gasteiger partial charge is 0.355 e. The number of nitrogen functional groups attached to an aromatic ring is 1. The molecule has 1 aliphatic heterocycles. The van der Waals surface area contributed by atoms with Crippen LogP contribution >= 0.6 is 0 Å². The lowest BCUT2D eigenvalue weighted by atomic mass is 10.0. The van der Waals surface area contributed by atoms with E-state index >= 15 is 4.39 Å². The molecule has 0 unspecified atom stereocenters. The number of nitrogens with zero attached hydrogens (tertiary/aromatic N) is 5. The van der Waals surface area contributed by atoms with E-state index in [0.717, 1.165) is 10.6 Å². The lowest BCUT2D eigenvalue weighted by molar-refractivity contribution is 0.412. The summed E-state index contributed by atoms with van der Waals surface area (Å²) >= 11 is 0. The Hall–Kier alpha value is -4.13. The molecule has 3 aromatic heterocycles. The van der Waals surface area contributed by atoms with Crippen molar-refractivity contribution in [2.24, 2.45) is 0 Å². The van der Waals surface area contributed by atoms with E-state index in [1.165, 1.54) is 0 Å². The molecule has 8 nitrogen and oxygen atoms in total. The molecule has 4 heterocycles. The van der Waals surface area contributed by atoms with E-state index in [-0.39, 0.29) is 28.8 Å². The van der Waals surface area contributed by atoms with Gasteiger partial charge in [0.15, 0.2) is 34.7 Å². The quantitative estimate of drug-likeness (QED) is 0.166.